The molecular formula is C11H13NO5. The Balaban J connectivity index is 2.86. The van der Waals surface area contributed by atoms with Crippen molar-refractivity contribution in [3.8, 4) is 11.5 Å². The minimum Gasteiger partial charge on any atom is -0.508 e. The van der Waals surface area contributed by atoms with Crippen LogP contribution in [0.2, 0.25) is 0 Å². The second-order valence-corrected chi connectivity index (χ2v) is 3.51. The lowest BCUT2D eigenvalue weighted by molar-refractivity contribution is -0.139. The van der Waals surface area contributed by atoms with E-state index in [2.05, 4.69) is 5.32 Å². The molecule has 17 heavy (non-hydrogen) atoms. The summed E-state index contributed by atoms with van der Waals surface area (Å²) < 4.78 is 0. The molecule has 0 aliphatic carbocycles. The summed E-state index contributed by atoms with van der Waals surface area (Å²) in [7, 11) is 0. The maximum absolute atomic E-state index is 11.6. The maximum Gasteiger partial charge on any atom is 0.326 e. The summed E-state index contributed by atoms with van der Waals surface area (Å²) in [5.41, 5.74) is 0.00204. The number of phenolic OH excluding ortho intramolecular Hbond substituents is 2. The van der Waals surface area contributed by atoms with Gasteiger partial charge in [-0.05, 0) is 18.6 Å². The number of amides is 1. The first-order valence-electron chi connectivity index (χ1n) is 5.00. The molecule has 1 unspecified atom stereocenters. The van der Waals surface area contributed by atoms with E-state index >= 15 is 0 Å². The van der Waals surface area contributed by atoms with Crippen molar-refractivity contribution in [3.05, 3.63) is 23.8 Å². The molecular weight excluding hydrogens is 226 g/mol. The molecule has 1 aromatic carbocycles. The summed E-state index contributed by atoms with van der Waals surface area (Å²) in [6, 6.07) is 2.37. The van der Waals surface area contributed by atoms with E-state index in [0.29, 0.717) is 0 Å². The Labute approximate surface area is 97.5 Å². The average molecular weight is 239 g/mol. The van der Waals surface area contributed by atoms with Gasteiger partial charge in [0.1, 0.15) is 17.5 Å². The second kappa shape index (κ2) is 5.20. The fraction of sp³-hybridized carbons (Fsp3) is 0.273. The Morgan fingerprint density at radius 2 is 1.76 bits per heavy atom. The van der Waals surface area contributed by atoms with Crippen LogP contribution in [0.5, 0.6) is 11.5 Å². The summed E-state index contributed by atoms with van der Waals surface area (Å²) in [5, 5.41) is 29.4. The van der Waals surface area contributed by atoms with Gasteiger partial charge in [0.2, 0.25) is 0 Å². The number of benzene rings is 1. The van der Waals surface area contributed by atoms with Crippen LogP contribution >= 0.6 is 0 Å². The van der Waals surface area contributed by atoms with Crippen LogP contribution in [0.3, 0.4) is 0 Å². The van der Waals surface area contributed by atoms with Crippen LogP contribution < -0.4 is 5.32 Å². The van der Waals surface area contributed by atoms with Gasteiger partial charge in [0.15, 0.2) is 0 Å². The number of aliphatic carboxylic acids is 1. The number of aromatic hydroxyl groups is 2. The highest BCUT2D eigenvalue weighted by molar-refractivity contribution is 5.97. The Kier molecular flexibility index (Phi) is 3.92. The maximum atomic E-state index is 11.6. The topological polar surface area (TPSA) is 107 Å². The number of hydrogen-bond acceptors (Lipinski definition) is 4. The molecule has 6 nitrogen and oxygen atoms in total. The summed E-state index contributed by atoms with van der Waals surface area (Å²) in [6.07, 6.45) is 0.242. The monoisotopic (exact) mass is 239 g/mol. The number of carbonyl (C=O) groups excluding carboxylic acids is 1. The summed E-state index contributed by atoms with van der Waals surface area (Å²) in [5.74, 6) is -2.33. The van der Waals surface area contributed by atoms with Crippen LogP contribution in [0.1, 0.15) is 23.7 Å². The molecule has 4 N–H and O–H groups in total. The van der Waals surface area contributed by atoms with Crippen molar-refractivity contribution in [2.45, 2.75) is 19.4 Å². The van der Waals surface area contributed by atoms with Gasteiger partial charge in [-0.3, -0.25) is 4.79 Å². The van der Waals surface area contributed by atoms with Crippen LogP contribution in [0.25, 0.3) is 0 Å². The van der Waals surface area contributed by atoms with E-state index in [1.807, 2.05) is 0 Å². The SMILES string of the molecule is CCC(NC(=O)c1cc(O)cc(O)c1)C(=O)O. The van der Waals surface area contributed by atoms with Crippen LogP contribution in [0.15, 0.2) is 18.2 Å². The summed E-state index contributed by atoms with van der Waals surface area (Å²) in [4.78, 5) is 22.3. The molecule has 0 saturated heterocycles. The lowest BCUT2D eigenvalue weighted by atomic mass is 10.1. The van der Waals surface area contributed by atoms with Gasteiger partial charge >= 0.3 is 5.97 Å². The van der Waals surface area contributed by atoms with Gasteiger partial charge in [0.25, 0.3) is 5.91 Å². The molecule has 92 valence electrons. The minimum atomic E-state index is -1.13. The highest BCUT2D eigenvalue weighted by Crippen LogP contribution is 2.20. The van der Waals surface area contributed by atoms with Crippen molar-refractivity contribution in [2.75, 3.05) is 0 Å². The van der Waals surface area contributed by atoms with E-state index in [1.54, 1.807) is 6.92 Å². The molecule has 1 aromatic rings. The first-order chi connectivity index (χ1) is 7.93. The standard InChI is InChI=1S/C11H13NO5/c1-2-9(11(16)17)12-10(15)6-3-7(13)5-8(14)4-6/h3-5,9,13-14H,2H2,1H3,(H,12,15)(H,16,17). The van der Waals surface area contributed by atoms with Crippen LogP contribution in [-0.2, 0) is 4.79 Å². The molecule has 0 aliphatic heterocycles. The highest BCUT2D eigenvalue weighted by Gasteiger charge is 2.19. The number of carboxylic acid groups (broad SMARTS) is 1. The average Bonchev–Trinajstić information content (AvgIpc) is 2.23. The van der Waals surface area contributed by atoms with Gasteiger partial charge in [0.05, 0.1) is 0 Å². The van der Waals surface area contributed by atoms with Gasteiger partial charge < -0.3 is 20.6 Å². The predicted molar refractivity (Wildman–Crippen MR) is 59.0 cm³/mol. The van der Waals surface area contributed by atoms with Crippen LogP contribution in [0.4, 0.5) is 0 Å². The van der Waals surface area contributed by atoms with Crippen LogP contribution in [-0.4, -0.2) is 33.2 Å². The van der Waals surface area contributed by atoms with E-state index in [4.69, 9.17) is 5.11 Å². The molecule has 1 amide bonds. The molecule has 0 fully saturated rings. The van der Waals surface area contributed by atoms with Crippen molar-refractivity contribution >= 4 is 11.9 Å². The van der Waals surface area contributed by atoms with E-state index in [9.17, 15) is 19.8 Å². The summed E-state index contributed by atoms with van der Waals surface area (Å²) >= 11 is 0. The molecule has 1 rings (SSSR count). The predicted octanol–water partition coefficient (Wildman–Crippen LogP) is 0.691. The molecule has 0 saturated carbocycles. The second-order valence-electron chi connectivity index (χ2n) is 3.51. The Morgan fingerprint density at radius 1 is 1.24 bits per heavy atom. The number of carbonyl (C=O) groups is 2. The van der Waals surface area contributed by atoms with Crippen molar-refractivity contribution in [3.63, 3.8) is 0 Å². The number of hydrogen-bond donors (Lipinski definition) is 4. The summed E-state index contributed by atoms with van der Waals surface area (Å²) in [6.45, 7) is 1.62. The molecule has 0 spiro atoms. The largest absolute Gasteiger partial charge is 0.508 e. The van der Waals surface area contributed by atoms with Gasteiger partial charge in [-0.2, -0.15) is 0 Å². The molecule has 0 aromatic heterocycles. The highest BCUT2D eigenvalue weighted by atomic mass is 16.4. The van der Waals surface area contributed by atoms with Crippen molar-refractivity contribution in [1.29, 1.82) is 0 Å². The molecule has 6 heteroatoms. The fourth-order valence-electron chi connectivity index (χ4n) is 1.31. The Bertz CT molecular complexity index is 423. The lowest BCUT2D eigenvalue weighted by Crippen LogP contribution is -2.40. The minimum absolute atomic E-state index is 0.00204. The third-order valence-corrected chi connectivity index (χ3v) is 2.18. The molecule has 0 aliphatic rings. The van der Waals surface area contributed by atoms with E-state index in [0.717, 1.165) is 18.2 Å². The van der Waals surface area contributed by atoms with Gasteiger partial charge in [0, 0.05) is 11.6 Å². The van der Waals surface area contributed by atoms with Crippen molar-refractivity contribution < 1.29 is 24.9 Å². The van der Waals surface area contributed by atoms with Crippen molar-refractivity contribution in [1.82, 2.24) is 5.32 Å². The van der Waals surface area contributed by atoms with Gasteiger partial charge in [-0.15, -0.1) is 0 Å². The van der Waals surface area contributed by atoms with E-state index in [1.165, 1.54) is 0 Å². The molecule has 0 radical (unpaired) electrons. The van der Waals surface area contributed by atoms with Gasteiger partial charge in [-0.25, -0.2) is 4.79 Å². The first-order valence-corrected chi connectivity index (χ1v) is 5.00. The van der Waals surface area contributed by atoms with Crippen molar-refractivity contribution in [2.24, 2.45) is 0 Å². The number of carboxylic acids is 1. The quantitative estimate of drug-likeness (QED) is 0.618. The molecule has 1 atom stereocenters. The number of nitrogens with one attached hydrogen (secondary N) is 1. The zero-order chi connectivity index (χ0) is 13.0. The number of phenols is 2. The fourth-order valence-corrected chi connectivity index (χ4v) is 1.31. The van der Waals surface area contributed by atoms with E-state index < -0.39 is 17.9 Å². The third kappa shape index (κ3) is 3.37. The zero-order valence-electron chi connectivity index (χ0n) is 9.17. The van der Waals surface area contributed by atoms with Crippen LogP contribution in [0, 0.1) is 0 Å². The third-order valence-electron chi connectivity index (χ3n) is 2.18. The number of rotatable bonds is 4. The Morgan fingerprint density at radius 3 is 2.18 bits per heavy atom. The smallest absolute Gasteiger partial charge is 0.326 e. The molecule has 0 bridgehead atoms. The van der Waals surface area contributed by atoms with Gasteiger partial charge in [-0.1, -0.05) is 6.92 Å². The first kappa shape index (κ1) is 12.8. The normalized spacial score (nSPS) is 11.8. The lowest BCUT2D eigenvalue weighted by Gasteiger charge is -2.12. The molecule has 0 heterocycles. The zero-order valence-corrected chi connectivity index (χ0v) is 9.17. The Hall–Kier alpha value is -2.24. The van der Waals surface area contributed by atoms with E-state index in [-0.39, 0.29) is 23.5 Å².